The Labute approximate surface area is 161 Å². The molecule has 0 spiro atoms. The van der Waals surface area contributed by atoms with E-state index in [0.717, 1.165) is 0 Å². The van der Waals surface area contributed by atoms with Gasteiger partial charge >= 0.3 is 0 Å². The maximum Gasteiger partial charge on any atom is 0.290 e. The Morgan fingerprint density at radius 2 is 1.86 bits per heavy atom. The van der Waals surface area contributed by atoms with Gasteiger partial charge in [0.2, 0.25) is 5.82 Å². The predicted octanol–water partition coefficient (Wildman–Crippen LogP) is 1.93. The molecular weight excluding hydrogens is 358 g/mol. The molecule has 8 heteroatoms. The number of aromatic nitrogens is 2. The zero-order valence-corrected chi connectivity index (χ0v) is 15.0. The predicted molar refractivity (Wildman–Crippen MR) is 101 cm³/mol. The third-order valence-electron chi connectivity index (χ3n) is 4.55. The monoisotopic (exact) mass is 375 g/mol. The zero-order chi connectivity index (χ0) is 19.5. The van der Waals surface area contributed by atoms with Crippen molar-refractivity contribution in [1.29, 1.82) is 5.26 Å². The van der Waals surface area contributed by atoms with E-state index >= 15 is 0 Å². The number of hydrogen-bond acceptors (Lipinski definition) is 5. The second-order valence-electron chi connectivity index (χ2n) is 6.26. The van der Waals surface area contributed by atoms with Crippen LogP contribution in [-0.2, 0) is 4.74 Å². The van der Waals surface area contributed by atoms with E-state index in [0.29, 0.717) is 43.1 Å². The van der Waals surface area contributed by atoms with Crippen molar-refractivity contribution in [2.45, 2.75) is 0 Å². The van der Waals surface area contributed by atoms with Crippen molar-refractivity contribution < 1.29 is 14.3 Å². The number of carbonyl (C=O) groups excluding carboxylic acids is 2. The van der Waals surface area contributed by atoms with Crippen LogP contribution in [0.15, 0.2) is 48.7 Å². The van der Waals surface area contributed by atoms with Crippen molar-refractivity contribution >= 4 is 23.0 Å². The van der Waals surface area contributed by atoms with Gasteiger partial charge in [0.05, 0.1) is 30.0 Å². The summed E-state index contributed by atoms with van der Waals surface area (Å²) in [6.07, 6.45) is 1.70. The first-order valence-corrected chi connectivity index (χ1v) is 8.83. The number of amides is 2. The fraction of sp³-hybridized carbons (Fsp3) is 0.200. The summed E-state index contributed by atoms with van der Waals surface area (Å²) in [4.78, 5) is 31.8. The molecule has 0 atom stereocenters. The molecule has 1 fully saturated rings. The van der Waals surface area contributed by atoms with Crippen LogP contribution in [0.2, 0.25) is 0 Å². The number of rotatable bonds is 3. The summed E-state index contributed by atoms with van der Waals surface area (Å²) >= 11 is 0. The van der Waals surface area contributed by atoms with E-state index in [9.17, 15) is 14.9 Å². The molecule has 2 aromatic heterocycles. The van der Waals surface area contributed by atoms with E-state index < -0.39 is 5.91 Å². The van der Waals surface area contributed by atoms with Gasteiger partial charge < -0.3 is 15.0 Å². The first-order valence-electron chi connectivity index (χ1n) is 8.83. The molecule has 3 aromatic rings. The largest absolute Gasteiger partial charge is 0.378 e. The Balaban J connectivity index is 1.70. The van der Waals surface area contributed by atoms with Gasteiger partial charge in [-0.2, -0.15) is 5.26 Å². The van der Waals surface area contributed by atoms with Crippen LogP contribution in [0.4, 0.5) is 5.69 Å². The highest BCUT2D eigenvalue weighted by molar-refractivity contribution is 6.09. The number of morpholine rings is 1. The quantitative estimate of drug-likeness (QED) is 0.754. The van der Waals surface area contributed by atoms with Crippen LogP contribution in [-0.4, -0.2) is 52.4 Å². The van der Waals surface area contributed by atoms with Crippen molar-refractivity contribution in [3.8, 4) is 6.07 Å². The number of carbonyl (C=O) groups is 2. The highest BCUT2D eigenvalue weighted by Gasteiger charge is 2.26. The van der Waals surface area contributed by atoms with E-state index in [-0.39, 0.29) is 17.4 Å². The number of nitrogens with zero attached hydrogens (tertiary/aromatic N) is 4. The van der Waals surface area contributed by atoms with Gasteiger partial charge in [-0.05, 0) is 24.3 Å². The van der Waals surface area contributed by atoms with Crippen molar-refractivity contribution in [1.82, 2.24) is 14.3 Å². The van der Waals surface area contributed by atoms with E-state index in [1.807, 2.05) is 6.07 Å². The SMILES string of the molecule is N#Cc1ccccc1NC(=O)c1nc(C(=O)N2CCOCC2)n2ccccc12. The second kappa shape index (κ2) is 7.50. The highest BCUT2D eigenvalue weighted by atomic mass is 16.5. The summed E-state index contributed by atoms with van der Waals surface area (Å²) in [5.74, 6) is -0.551. The van der Waals surface area contributed by atoms with Gasteiger partial charge in [0.25, 0.3) is 11.8 Å². The Morgan fingerprint density at radius 1 is 1.11 bits per heavy atom. The van der Waals surface area contributed by atoms with Crippen molar-refractivity contribution in [2.75, 3.05) is 31.6 Å². The summed E-state index contributed by atoms with van der Waals surface area (Å²) in [6, 6.07) is 14.0. The maximum absolute atomic E-state index is 12.9. The van der Waals surface area contributed by atoms with Crippen LogP contribution < -0.4 is 5.32 Å². The van der Waals surface area contributed by atoms with E-state index in [1.165, 1.54) is 0 Å². The van der Waals surface area contributed by atoms with Crippen LogP contribution in [0.1, 0.15) is 26.7 Å². The van der Waals surface area contributed by atoms with Gasteiger partial charge in [-0.25, -0.2) is 4.98 Å². The summed E-state index contributed by atoms with van der Waals surface area (Å²) < 4.78 is 6.91. The van der Waals surface area contributed by atoms with Gasteiger partial charge in [0.15, 0.2) is 5.69 Å². The molecule has 0 unspecified atom stereocenters. The first-order chi connectivity index (χ1) is 13.7. The average molecular weight is 375 g/mol. The van der Waals surface area contributed by atoms with Crippen LogP contribution in [0.5, 0.6) is 0 Å². The fourth-order valence-corrected chi connectivity index (χ4v) is 3.13. The number of imidazole rings is 1. The van der Waals surface area contributed by atoms with Gasteiger partial charge in [-0.15, -0.1) is 0 Å². The standard InChI is InChI=1S/C20H17N5O3/c21-13-14-5-1-2-6-15(14)22-19(26)17-16-7-3-4-8-25(16)18(23-17)20(27)24-9-11-28-12-10-24/h1-8H,9-12H2,(H,22,26). The average Bonchev–Trinajstić information content (AvgIpc) is 3.14. The smallest absolute Gasteiger partial charge is 0.290 e. The van der Waals surface area contributed by atoms with Gasteiger partial charge in [0, 0.05) is 19.3 Å². The number of hydrogen-bond donors (Lipinski definition) is 1. The van der Waals surface area contributed by atoms with Gasteiger partial charge in [0.1, 0.15) is 6.07 Å². The Bertz CT molecular complexity index is 1090. The topological polar surface area (TPSA) is 99.7 Å². The lowest BCUT2D eigenvalue weighted by atomic mass is 10.2. The molecule has 0 radical (unpaired) electrons. The summed E-state index contributed by atoms with van der Waals surface area (Å²) in [5.41, 5.74) is 1.40. The molecule has 1 N–H and O–H groups in total. The molecule has 2 amide bonds. The van der Waals surface area contributed by atoms with Crippen LogP contribution >= 0.6 is 0 Å². The number of benzene rings is 1. The Kier molecular flexibility index (Phi) is 4.74. The molecule has 28 heavy (non-hydrogen) atoms. The van der Waals surface area contributed by atoms with Crippen molar-refractivity contribution in [3.63, 3.8) is 0 Å². The minimum absolute atomic E-state index is 0.130. The lowest BCUT2D eigenvalue weighted by Gasteiger charge is -2.26. The molecule has 4 rings (SSSR count). The minimum atomic E-state index is -0.479. The molecule has 1 saturated heterocycles. The van der Waals surface area contributed by atoms with E-state index in [1.54, 1.807) is 58.0 Å². The molecule has 140 valence electrons. The van der Waals surface area contributed by atoms with Gasteiger partial charge in [-0.1, -0.05) is 18.2 Å². The van der Waals surface area contributed by atoms with Gasteiger partial charge in [-0.3, -0.25) is 14.0 Å². The third-order valence-corrected chi connectivity index (χ3v) is 4.55. The Morgan fingerprint density at radius 3 is 2.64 bits per heavy atom. The maximum atomic E-state index is 12.9. The fourth-order valence-electron chi connectivity index (χ4n) is 3.13. The summed E-state index contributed by atoms with van der Waals surface area (Å²) in [7, 11) is 0. The molecule has 0 aliphatic carbocycles. The van der Waals surface area contributed by atoms with Crippen LogP contribution in [0.3, 0.4) is 0 Å². The highest BCUT2D eigenvalue weighted by Crippen LogP contribution is 2.19. The Hall–Kier alpha value is -3.70. The lowest BCUT2D eigenvalue weighted by molar-refractivity contribution is 0.0294. The molecule has 1 aliphatic rings. The van der Waals surface area contributed by atoms with E-state index in [4.69, 9.17) is 4.74 Å². The molecule has 0 bridgehead atoms. The molecule has 1 aromatic carbocycles. The number of ether oxygens (including phenoxy) is 1. The lowest BCUT2D eigenvalue weighted by Crippen LogP contribution is -2.41. The number of pyridine rings is 1. The molecule has 0 saturated carbocycles. The normalized spacial score (nSPS) is 13.9. The molecule has 3 heterocycles. The molecule has 1 aliphatic heterocycles. The molecular formula is C20H17N5O3. The summed E-state index contributed by atoms with van der Waals surface area (Å²) in [5, 5.41) is 11.9. The zero-order valence-electron chi connectivity index (χ0n) is 15.0. The second-order valence-corrected chi connectivity index (χ2v) is 6.26. The number of nitriles is 1. The van der Waals surface area contributed by atoms with Crippen molar-refractivity contribution in [3.05, 3.63) is 65.7 Å². The molecule has 8 nitrogen and oxygen atoms in total. The van der Waals surface area contributed by atoms with Crippen molar-refractivity contribution in [2.24, 2.45) is 0 Å². The van der Waals surface area contributed by atoms with Crippen LogP contribution in [0, 0.1) is 11.3 Å². The minimum Gasteiger partial charge on any atom is -0.378 e. The number of fused-ring (bicyclic) bond motifs is 1. The number of para-hydroxylation sites is 1. The van der Waals surface area contributed by atoms with E-state index in [2.05, 4.69) is 10.3 Å². The first kappa shape index (κ1) is 17.7. The number of anilines is 1. The summed E-state index contributed by atoms with van der Waals surface area (Å²) in [6.45, 7) is 1.93. The van der Waals surface area contributed by atoms with Crippen LogP contribution in [0.25, 0.3) is 5.52 Å². The number of nitrogens with one attached hydrogen (secondary N) is 1. The third kappa shape index (κ3) is 3.19.